The van der Waals surface area contributed by atoms with Crippen molar-refractivity contribution >= 4 is 29.2 Å². The molecule has 4 aromatic rings. The van der Waals surface area contributed by atoms with E-state index in [1.165, 1.54) is 24.5 Å². The van der Waals surface area contributed by atoms with Crippen molar-refractivity contribution in [3.63, 3.8) is 0 Å². The molecule has 3 aromatic carbocycles. The molecule has 0 fully saturated rings. The fourth-order valence-corrected chi connectivity index (χ4v) is 2.91. The van der Waals surface area contributed by atoms with Crippen LogP contribution in [0.5, 0.6) is 0 Å². The van der Waals surface area contributed by atoms with Crippen LogP contribution in [-0.4, -0.2) is 15.9 Å². The number of hydrogen-bond acceptors (Lipinski definition) is 4. The van der Waals surface area contributed by atoms with Crippen molar-refractivity contribution in [1.82, 2.24) is 9.97 Å². The second kappa shape index (κ2) is 9.45. The molecular weight excluding hydrogens is 391 g/mol. The molecule has 2 N–H and O–H groups in total. The van der Waals surface area contributed by atoms with E-state index in [1.54, 1.807) is 30.3 Å². The van der Waals surface area contributed by atoms with Gasteiger partial charge in [0.2, 0.25) is 5.91 Å². The van der Waals surface area contributed by atoms with Crippen LogP contribution < -0.4 is 10.6 Å². The summed E-state index contributed by atoms with van der Waals surface area (Å²) in [7, 11) is 0. The third-order valence-electron chi connectivity index (χ3n) is 4.46. The molecule has 0 saturated heterocycles. The average Bonchev–Trinajstić information content (AvgIpc) is 2.81. The van der Waals surface area contributed by atoms with Crippen molar-refractivity contribution in [2.45, 2.75) is 0 Å². The van der Waals surface area contributed by atoms with Gasteiger partial charge in [-0.3, -0.25) is 4.79 Å². The maximum absolute atomic E-state index is 12.9. The van der Waals surface area contributed by atoms with Gasteiger partial charge >= 0.3 is 0 Å². The first-order valence-corrected chi connectivity index (χ1v) is 9.65. The monoisotopic (exact) mass is 410 g/mol. The Morgan fingerprint density at radius 3 is 2.29 bits per heavy atom. The lowest BCUT2D eigenvalue weighted by atomic mass is 10.1. The van der Waals surface area contributed by atoms with Gasteiger partial charge in [-0.25, -0.2) is 14.4 Å². The minimum Gasteiger partial charge on any atom is -0.340 e. The van der Waals surface area contributed by atoms with Crippen molar-refractivity contribution in [1.29, 1.82) is 0 Å². The topological polar surface area (TPSA) is 66.9 Å². The summed E-state index contributed by atoms with van der Waals surface area (Å²) >= 11 is 0. The number of carbonyl (C=O) groups excluding carboxylic acids is 1. The quantitative estimate of drug-likeness (QED) is 0.402. The molecule has 0 radical (unpaired) electrons. The number of nitrogens with one attached hydrogen (secondary N) is 2. The van der Waals surface area contributed by atoms with E-state index in [2.05, 4.69) is 20.6 Å². The van der Waals surface area contributed by atoms with Crippen LogP contribution in [0.3, 0.4) is 0 Å². The molecule has 152 valence electrons. The maximum atomic E-state index is 12.9. The predicted octanol–water partition coefficient (Wildman–Crippen LogP) is 5.68. The fraction of sp³-hybridized carbons (Fsp3) is 0. The molecule has 5 nitrogen and oxygen atoms in total. The van der Waals surface area contributed by atoms with Gasteiger partial charge in [-0.2, -0.15) is 0 Å². The Labute approximate surface area is 179 Å². The molecule has 6 heteroatoms. The summed E-state index contributed by atoms with van der Waals surface area (Å²) in [4.78, 5) is 20.7. The van der Waals surface area contributed by atoms with Crippen LogP contribution in [0, 0.1) is 5.82 Å². The zero-order valence-electron chi connectivity index (χ0n) is 16.5. The molecule has 0 aliphatic rings. The summed E-state index contributed by atoms with van der Waals surface area (Å²) in [6.07, 6.45) is 4.56. The molecule has 0 atom stereocenters. The Morgan fingerprint density at radius 1 is 0.839 bits per heavy atom. The molecule has 31 heavy (non-hydrogen) atoms. The van der Waals surface area contributed by atoms with Crippen molar-refractivity contribution in [2.24, 2.45) is 0 Å². The molecule has 4 rings (SSSR count). The van der Waals surface area contributed by atoms with Crippen LogP contribution in [0.25, 0.3) is 17.3 Å². The van der Waals surface area contributed by atoms with Gasteiger partial charge in [0.05, 0.1) is 5.69 Å². The number of nitrogens with zero attached hydrogens (tertiary/aromatic N) is 2. The molecule has 0 aliphatic carbocycles. The molecule has 1 aromatic heterocycles. The van der Waals surface area contributed by atoms with Crippen LogP contribution in [0.1, 0.15) is 5.56 Å². The van der Waals surface area contributed by atoms with Crippen LogP contribution >= 0.6 is 0 Å². The van der Waals surface area contributed by atoms with Gasteiger partial charge in [0, 0.05) is 29.1 Å². The smallest absolute Gasteiger partial charge is 0.248 e. The normalized spacial score (nSPS) is 10.7. The Hall–Kier alpha value is -4.32. The highest BCUT2D eigenvalue weighted by molar-refractivity contribution is 6.02. The lowest BCUT2D eigenvalue weighted by molar-refractivity contribution is -0.111. The van der Waals surface area contributed by atoms with E-state index in [1.807, 2.05) is 48.5 Å². The summed E-state index contributed by atoms with van der Waals surface area (Å²) in [5.74, 6) is 0.0924. The summed E-state index contributed by atoms with van der Waals surface area (Å²) in [6, 6.07) is 25.0. The Kier molecular flexibility index (Phi) is 6.09. The number of aromatic nitrogens is 2. The van der Waals surface area contributed by atoms with Gasteiger partial charge < -0.3 is 10.6 Å². The highest BCUT2D eigenvalue weighted by Crippen LogP contribution is 2.22. The first-order chi connectivity index (χ1) is 15.2. The van der Waals surface area contributed by atoms with E-state index < -0.39 is 0 Å². The number of anilines is 3. The molecule has 0 spiro atoms. The van der Waals surface area contributed by atoms with Crippen LogP contribution in [0.2, 0.25) is 0 Å². The third kappa shape index (κ3) is 5.61. The number of amides is 1. The number of rotatable bonds is 6. The van der Waals surface area contributed by atoms with Gasteiger partial charge in [0.15, 0.2) is 0 Å². The SMILES string of the molecule is O=C(/C=C/c1ccc(F)cc1)Nc1ccc(Nc2cc(-c3ccccc3)ncn2)cc1. The van der Waals surface area contributed by atoms with Gasteiger partial charge in [-0.15, -0.1) is 0 Å². The Balaban J connectivity index is 1.37. The predicted molar refractivity (Wildman–Crippen MR) is 121 cm³/mol. The molecule has 1 heterocycles. The zero-order valence-corrected chi connectivity index (χ0v) is 16.5. The largest absolute Gasteiger partial charge is 0.340 e. The second-order valence-corrected chi connectivity index (χ2v) is 6.73. The van der Waals surface area contributed by atoms with Gasteiger partial charge in [0.25, 0.3) is 0 Å². The fourth-order valence-electron chi connectivity index (χ4n) is 2.91. The molecule has 1 amide bonds. The van der Waals surface area contributed by atoms with Crippen LogP contribution in [0.4, 0.5) is 21.6 Å². The highest BCUT2D eigenvalue weighted by Gasteiger charge is 2.03. The van der Waals surface area contributed by atoms with Crippen LogP contribution in [0.15, 0.2) is 97.3 Å². The summed E-state index contributed by atoms with van der Waals surface area (Å²) in [5.41, 5.74) is 4.08. The van der Waals surface area contributed by atoms with Crippen molar-refractivity contribution in [3.05, 3.63) is 109 Å². The Morgan fingerprint density at radius 2 is 1.55 bits per heavy atom. The molecule has 0 aliphatic heterocycles. The van der Waals surface area contributed by atoms with Crippen molar-refractivity contribution in [3.8, 4) is 11.3 Å². The standard InChI is InChI=1S/C25H19FN4O/c26-20-9-6-18(7-10-20)8-15-25(31)30-22-13-11-21(12-14-22)29-24-16-23(27-17-28-24)19-4-2-1-3-5-19/h1-17H,(H,30,31)(H,27,28,29)/b15-8+. The molecule has 0 bridgehead atoms. The highest BCUT2D eigenvalue weighted by atomic mass is 19.1. The zero-order chi connectivity index (χ0) is 21.5. The van der Waals surface area contributed by atoms with E-state index in [9.17, 15) is 9.18 Å². The van der Waals surface area contributed by atoms with Crippen molar-refractivity contribution < 1.29 is 9.18 Å². The van der Waals surface area contributed by atoms with Crippen molar-refractivity contribution in [2.75, 3.05) is 10.6 Å². The number of hydrogen-bond donors (Lipinski definition) is 2. The lowest BCUT2D eigenvalue weighted by Crippen LogP contribution is -2.07. The maximum Gasteiger partial charge on any atom is 0.248 e. The third-order valence-corrected chi connectivity index (χ3v) is 4.46. The van der Waals surface area contributed by atoms with E-state index >= 15 is 0 Å². The molecule has 0 saturated carbocycles. The van der Waals surface area contributed by atoms with Gasteiger partial charge in [0.1, 0.15) is 18.0 Å². The summed E-state index contributed by atoms with van der Waals surface area (Å²) < 4.78 is 12.9. The average molecular weight is 410 g/mol. The van der Waals surface area contributed by atoms with Gasteiger partial charge in [-0.1, -0.05) is 42.5 Å². The van der Waals surface area contributed by atoms with E-state index in [4.69, 9.17) is 0 Å². The lowest BCUT2D eigenvalue weighted by Gasteiger charge is -2.08. The molecular formula is C25H19FN4O. The first-order valence-electron chi connectivity index (χ1n) is 9.65. The minimum atomic E-state index is -0.312. The van der Waals surface area contributed by atoms with E-state index in [-0.39, 0.29) is 11.7 Å². The van der Waals surface area contributed by atoms with Crippen LogP contribution in [-0.2, 0) is 4.79 Å². The minimum absolute atomic E-state index is 0.270. The Bertz CT molecular complexity index is 1190. The second-order valence-electron chi connectivity index (χ2n) is 6.73. The van der Waals surface area contributed by atoms with E-state index in [0.29, 0.717) is 11.5 Å². The summed E-state index contributed by atoms with van der Waals surface area (Å²) in [5, 5.41) is 6.03. The summed E-state index contributed by atoms with van der Waals surface area (Å²) in [6.45, 7) is 0. The van der Waals surface area contributed by atoms with Gasteiger partial charge in [-0.05, 0) is 48.0 Å². The number of benzene rings is 3. The molecule has 0 unspecified atom stereocenters. The first kappa shape index (κ1) is 20.0. The number of halogens is 1. The number of carbonyl (C=O) groups is 1. The van der Waals surface area contributed by atoms with E-state index in [0.717, 1.165) is 22.5 Å².